The molecule has 2 aromatic heterocycles. The Morgan fingerprint density at radius 2 is 1.86 bits per heavy atom. The van der Waals surface area contributed by atoms with Gasteiger partial charge in [0.05, 0.1) is 6.54 Å². The van der Waals surface area contributed by atoms with Gasteiger partial charge in [0.2, 0.25) is 0 Å². The lowest BCUT2D eigenvalue weighted by Crippen LogP contribution is -2.11. The molecule has 2 heterocycles. The summed E-state index contributed by atoms with van der Waals surface area (Å²) in [7, 11) is 0. The molecule has 1 fully saturated rings. The van der Waals surface area contributed by atoms with Crippen LogP contribution in [0.2, 0.25) is 0 Å². The molecule has 6 heteroatoms. The van der Waals surface area contributed by atoms with E-state index in [2.05, 4.69) is 39.8 Å². The van der Waals surface area contributed by atoms with E-state index < -0.39 is 0 Å². The summed E-state index contributed by atoms with van der Waals surface area (Å²) in [5.74, 6) is 3.39. The number of thiazole rings is 1. The molecule has 5 nitrogen and oxygen atoms in total. The first-order valence-electron chi connectivity index (χ1n) is 7.44. The Bertz CT molecular complexity index is 633. The van der Waals surface area contributed by atoms with Gasteiger partial charge in [0.15, 0.2) is 0 Å². The number of anilines is 2. The highest BCUT2D eigenvalue weighted by Crippen LogP contribution is 2.39. The Morgan fingerprint density at radius 1 is 1.14 bits per heavy atom. The molecule has 2 N–H and O–H groups in total. The maximum absolute atomic E-state index is 4.71. The van der Waals surface area contributed by atoms with E-state index in [0.29, 0.717) is 12.5 Å². The first kappa shape index (κ1) is 14.3. The minimum Gasteiger partial charge on any atom is -0.370 e. The average molecular weight is 303 g/mol. The van der Waals surface area contributed by atoms with Crippen LogP contribution in [0.5, 0.6) is 0 Å². The van der Waals surface area contributed by atoms with Crippen LogP contribution in [0.25, 0.3) is 0 Å². The second-order valence-electron chi connectivity index (χ2n) is 5.44. The predicted octanol–water partition coefficient (Wildman–Crippen LogP) is 3.47. The summed E-state index contributed by atoms with van der Waals surface area (Å²) in [4.78, 5) is 13.9. The van der Waals surface area contributed by atoms with Gasteiger partial charge in [-0.1, -0.05) is 0 Å². The Labute approximate surface area is 129 Å². The van der Waals surface area contributed by atoms with Gasteiger partial charge in [-0.15, -0.1) is 11.3 Å². The second-order valence-corrected chi connectivity index (χ2v) is 6.39. The van der Waals surface area contributed by atoms with Crippen LogP contribution in [0.1, 0.15) is 47.8 Å². The van der Waals surface area contributed by atoms with Crippen molar-refractivity contribution in [3.63, 3.8) is 0 Å². The van der Waals surface area contributed by atoms with Crippen LogP contribution >= 0.6 is 11.3 Å². The van der Waals surface area contributed by atoms with E-state index in [9.17, 15) is 0 Å². The van der Waals surface area contributed by atoms with Crippen LogP contribution in [0.3, 0.4) is 0 Å². The van der Waals surface area contributed by atoms with E-state index in [0.717, 1.165) is 40.3 Å². The third kappa shape index (κ3) is 3.32. The lowest BCUT2D eigenvalue weighted by Gasteiger charge is -2.14. The van der Waals surface area contributed by atoms with Gasteiger partial charge in [-0.3, -0.25) is 0 Å². The molecule has 112 valence electrons. The molecule has 0 unspecified atom stereocenters. The highest BCUT2D eigenvalue weighted by molar-refractivity contribution is 7.09. The summed E-state index contributed by atoms with van der Waals surface area (Å²) in [5.41, 5.74) is 2.15. The summed E-state index contributed by atoms with van der Waals surface area (Å²) >= 11 is 1.68. The normalized spacial score (nSPS) is 14.2. The molecule has 2 aromatic rings. The van der Waals surface area contributed by atoms with Crippen molar-refractivity contribution in [1.29, 1.82) is 0 Å². The Hall–Kier alpha value is -1.69. The van der Waals surface area contributed by atoms with Crippen molar-refractivity contribution in [2.24, 2.45) is 0 Å². The quantitative estimate of drug-likeness (QED) is 0.855. The minimum absolute atomic E-state index is 0.547. The number of aromatic nitrogens is 3. The third-order valence-corrected chi connectivity index (χ3v) is 4.49. The zero-order chi connectivity index (χ0) is 14.8. The van der Waals surface area contributed by atoms with Gasteiger partial charge in [0.1, 0.15) is 22.5 Å². The van der Waals surface area contributed by atoms with E-state index in [1.165, 1.54) is 12.8 Å². The molecule has 0 radical (unpaired) electrons. The molecule has 0 aromatic carbocycles. The predicted molar refractivity (Wildman–Crippen MR) is 87.1 cm³/mol. The molecule has 1 aliphatic rings. The van der Waals surface area contributed by atoms with Crippen molar-refractivity contribution in [1.82, 2.24) is 15.0 Å². The van der Waals surface area contributed by atoms with E-state index in [1.807, 2.05) is 6.92 Å². The molecule has 0 atom stereocenters. The van der Waals surface area contributed by atoms with Crippen LogP contribution in [0, 0.1) is 13.8 Å². The Balaban J connectivity index is 1.81. The molecule has 0 amide bonds. The van der Waals surface area contributed by atoms with E-state index >= 15 is 0 Å². The summed E-state index contributed by atoms with van der Waals surface area (Å²) < 4.78 is 0. The van der Waals surface area contributed by atoms with E-state index in [1.54, 1.807) is 11.3 Å². The van der Waals surface area contributed by atoms with Gasteiger partial charge in [0.25, 0.3) is 0 Å². The van der Waals surface area contributed by atoms with Crippen LogP contribution in [-0.2, 0) is 6.54 Å². The highest BCUT2D eigenvalue weighted by Gasteiger charge is 2.28. The maximum Gasteiger partial charge on any atom is 0.136 e. The van der Waals surface area contributed by atoms with Gasteiger partial charge in [-0.25, -0.2) is 15.0 Å². The van der Waals surface area contributed by atoms with Crippen molar-refractivity contribution in [2.45, 2.75) is 46.1 Å². The standard InChI is InChI=1S/C15H21N5S/c1-4-16-13-10(3)14(20-15(19-13)11-5-6-11)17-7-12-18-9(2)8-21-12/h8,11H,4-7H2,1-3H3,(H2,16,17,19,20). The van der Waals surface area contributed by atoms with Crippen LogP contribution < -0.4 is 10.6 Å². The maximum atomic E-state index is 4.71. The van der Waals surface area contributed by atoms with Gasteiger partial charge in [0, 0.05) is 29.1 Å². The lowest BCUT2D eigenvalue weighted by molar-refractivity contribution is 0.907. The smallest absolute Gasteiger partial charge is 0.136 e. The van der Waals surface area contributed by atoms with Crippen molar-refractivity contribution < 1.29 is 0 Å². The van der Waals surface area contributed by atoms with Crippen molar-refractivity contribution >= 4 is 23.0 Å². The fraction of sp³-hybridized carbons (Fsp3) is 0.533. The van der Waals surface area contributed by atoms with Crippen LogP contribution in [-0.4, -0.2) is 21.5 Å². The molecule has 3 rings (SSSR count). The second kappa shape index (κ2) is 5.97. The average Bonchev–Trinajstić information content (AvgIpc) is 3.23. The molecule has 1 saturated carbocycles. The minimum atomic E-state index is 0.547. The largest absolute Gasteiger partial charge is 0.370 e. The summed E-state index contributed by atoms with van der Waals surface area (Å²) in [6.07, 6.45) is 2.42. The number of hydrogen-bond donors (Lipinski definition) is 2. The summed E-state index contributed by atoms with van der Waals surface area (Å²) in [6, 6.07) is 0. The van der Waals surface area contributed by atoms with E-state index in [4.69, 9.17) is 4.98 Å². The highest BCUT2D eigenvalue weighted by atomic mass is 32.1. The molecule has 0 aliphatic heterocycles. The molecular weight excluding hydrogens is 282 g/mol. The topological polar surface area (TPSA) is 62.7 Å². The van der Waals surface area contributed by atoms with Gasteiger partial charge in [-0.2, -0.15) is 0 Å². The van der Waals surface area contributed by atoms with Gasteiger partial charge >= 0.3 is 0 Å². The number of hydrogen-bond acceptors (Lipinski definition) is 6. The van der Waals surface area contributed by atoms with Crippen LogP contribution in [0.15, 0.2) is 5.38 Å². The zero-order valence-corrected chi connectivity index (χ0v) is 13.5. The van der Waals surface area contributed by atoms with Crippen molar-refractivity contribution in [3.8, 4) is 0 Å². The molecule has 0 spiro atoms. The third-order valence-electron chi connectivity index (χ3n) is 3.52. The Morgan fingerprint density at radius 3 is 2.43 bits per heavy atom. The zero-order valence-electron chi connectivity index (χ0n) is 12.7. The van der Waals surface area contributed by atoms with Crippen LogP contribution in [0.4, 0.5) is 11.6 Å². The van der Waals surface area contributed by atoms with Gasteiger partial charge < -0.3 is 10.6 Å². The number of nitrogens with zero attached hydrogens (tertiary/aromatic N) is 3. The fourth-order valence-corrected chi connectivity index (χ4v) is 2.92. The first-order valence-corrected chi connectivity index (χ1v) is 8.32. The SMILES string of the molecule is CCNc1nc(C2CC2)nc(NCc2nc(C)cs2)c1C. The lowest BCUT2D eigenvalue weighted by atomic mass is 10.2. The summed E-state index contributed by atoms with van der Waals surface area (Å²) in [6.45, 7) is 7.75. The van der Waals surface area contributed by atoms with E-state index in [-0.39, 0.29) is 0 Å². The first-order chi connectivity index (χ1) is 10.2. The van der Waals surface area contributed by atoms with Gasteiger partial charge in [-0.05, 0) is 33.6 Å². The molecule has 0 saturated heterocycles. The Kier molecular flexibility index (Phi) is 4.05. The molecule has 0 bridgehead atoms. The molecular formula is C15H21N5S. The van der Waals surface area contributed by atoms with Crippen molar-refractivity contribution in [2.75, 3.05) is 17.2 Å². The number of rotatable bonds is 6. The summed E-state index contributed by atoms with van der Waals surface area (Å²) in [5, 5.41) is 9.92. The number of nitrogens with one attached hydrogen (secondary N) is 2. The number of aryl methyl sites for hydroxylation is 1. The van der Waals surface area contributed by atoms with Crippen molar-refractivity contribution in [3.05, 3.63) is 27.5 Å². The molecule has 1 aliphatic carbocycles. The fourth-order valence-electron chi connectivity index (χ4n) is 2.21. The molecule has 21 heavy (non-hydrogen) atoms. The monoisotopic (exact) mass is 303 g/mol.